The standard InChI is InChI=1S/C29H24FN3O3S2/c1-19(27(34)31-22-11-9-21(30)10-12-22)38-24-15-13-23(14-16-24)32-29(36)26(18-25-8-5-17-37-25)33-28(35)20-6-3-2-4-7-20/h2-19H,1H3,(H,31,34)(H,32,36)(H,33,35)/b26-18-. The normalized spacial score (nSPS) is 11.9. The number of anilines is 2. The molecule has 4 aromatic rings. The Morgan fingerprint density at radius 1 is 0.842 bits per heavy atom. The van der Waals surface area contributed by atoms with Gasteiger partial charge in [0.2, 0.25) is 5.91 Å². The summed E-state index contributed by atoms with van der Waals surface area (Å²) in [4.78, 5) is 39.9. The van der Waals surface area contributed by atoms with Crippen LogP contribution in [0.25, 0.3) is 6.08 Å². The molecule has 1 atom stereocenters. The van der Waals surface area contributed by atoms with E-state index in [9.17, 15) is 18.8 Å². The van der Waals surface area contributed by atoms with Gasteiger partial charge in [-0.15, -0.1) is 23.1 Å². The van der Waals surface area contributed by atoms with Gasteiger partial charge in [-0.2, -0.15) is 0 Å². The number of hydrogen-bond acceptors (Lipinski definition) is 5. The summed E-state index contributed by atoms with van der Waals surface area (Å²) in [5, 5.41) is 9.77. The minimum atomic E-state index is -0.463. The molecule has 0 fully saturated rings. The number of carbonyl (C=O) groups excluding carboxylic acids is 3. The van der Waals surface area contributed by atoms with Crippen LogP contribution in [0.5, 0.6) is 0 Å². The SMILES string of the molecule is CC(Sc1ccc(NC(=O)/C(=C/c2cccs2)NC(=O)c2ccccc2)cc1)C(=O)Nc1ccc(F)cc1. The van der Waals surface area contributed by atoms with E-state index in [4.69, 9.17) is 0 Å². The van der Waals surface area contributed by atoms with Crippen molar-refractivity contribution in [2.45, 2.75) is 17.1 Å². The number of amides is 3. The van der Waals surface area contributed by atoms with Gasteiger partial charge in [-0.05, 0) is 85.1 Å². The molecule has 3 aromatic carbocycles. The number of halogens is 1. The number of thiophene rings is 1. The monoisotopic (exact) mass is 545 g/mol. The maximum absolute atomic E-state index is 13.1. The maximum atomic E-state index is 13.1. The Hall–Kier alpha value is -4.21. The highest BCUT2D eigenvalue weighted by Gasteiger charge is 2.17. The average Bonchev–Trinajstić information content (AvgIpc) is 3.44. The first-order chi connectivity index (χ1) is 18.4. The van der Waals surface area contributed by atoms with Crippen LogP contribution in [0.3, 0.4) is 0 Å². The Kier molecular flexibility index (Phi) is 9.07. The third-order valence-corrected chi connectivity index (χ3v) is 7.20. The van der Waals surface area contributed by atoms with Gasteiger partial charge >= 0.3 is 0 Å². The van der Waals surface area contributed by atoms with Crippen molar-refractivity contribution in [3.05, 3.63) is 118 Å². The van der Waals surface area contributed by atoms with Crippen molar-refractivity contribution < 1.29 is 18.8 Å². The molecule has 3 amide bonds. The smallest absolute Gasteiger partial charge is 0.272 e. The number of thioether (sulfide) groups is 1. The second kappa shape index (κ2) is 12.8. The van der Waals surface area contributed by atoms with Gasteiger partial charge in [-0.25, -0.2) is 4.39 Å². The fourth-order valence-electron chi connectivity index (χ4n) is 3.31. The number of carbonyl (C=O) groups is 3. The molecule has 0 aliphatic heterocycles. The molecule has 3 N–H and O–H groups in total. The molecule has 38 heavy (non-hydrogen) atoms. The molecule has 0 bridgehead atoms. The van der Waals surface area contributed by atoms with Crippen molar-refractivity contribution in [3.63, 3.8) is 0 Å². The minimum absolute atomic E-state index is 0.117. The van der Waals surface area contributed by atoms with Crippen molar-refractivity contribution in [3.8, 4) is 0 Å². The molecule has 0 aliphatic carbocycles. The highest BCUT2D eigenvalue weighted by atomic mass is 32.2. The summed E-state index contributed by atoms with van der Waals surface area (Å²) in [6, 6.07) is 25.0. The highest BCUT2D eigenvalue weighted by molar-refractivity contribution is 8.00. The van der Waals surface area contributed by atoms with Crippen LogP contribution in [-0.2, 0) is 9.59 Å². The first-order valence-corrected chi connectivity index (χ1v) is 13.4. The third kappa shape index (κ3) is 7.64. The third-order valence-electron chi connectivity index (χ3n) is 5.26. The van der Waals surface area contributed by atoms with Crippen molar-refractivity contribution in [2.75, 3.05) is 10.6 Å². The zero-order valence-electron chi connectivity index (χ0n) is 20.3. The van der Waals surface area contributed by atoms with Crippen LogP contribution in [0, 0.1) is 5.82 Å². The topological polar surface area (TPSA) is 87.3 Å². The second-order valence-corrected chi connectivity index (χ2v) is 10.5. The molecule has 1 aromatic heterocycles. The summed E-state index contributed by atoms with van der Waals surface area (Å²) in [6.45, 7) is 1.77. The summed E-state index contributed by atoms with van der Waals surface area (Å²) < 4.78 is 13.1. The zero-order chi connectivity index (χ0) is 26.9. The molecule has 192 valence electrons. The lowest BCUT2D eigenvalue weighted by atomic mass is 10.2. The van der Waals surface area contributed by atoms with Crippen LogP contribution in [-0.4, -0.2) is 23.0 Å². The molecule has 0 saturated heterocycles. The second-order valence-electron chi connectivity index (χ2n) is 8.13. The number of rotatable bonds is 9. The molecular weight excluding hydrogens is 521 g/mol. The van der Waals surface area contributed by atoms with E-state index in [1.807, 2.05) is 23.6 Å². The largest absolute Gasteiger partial charge is 0.325 e. The van der Waals surface area contributed by atoms with E-state index in [1.54, 1.807) is 61.5 Å². The molecule has 0 radical (unpaired) electrons. The van der Waals surface area contributed by atoms with Crippen LogP contribution < -0.4 is 16.0 Å². The van der Waals surface area contributed by atoms with E-state index < -0.39 is 11.2 Å². The minimum Gasteiger partial charge on any atom is -0.325 e. The Balaban J connectivity index is 1.39. The maximum Gasteiger partial charge on any atom is 0.272 e. The van der Waals surface area contributed by atoms with Gasteiger partial charge in [0.15, 0.2) is 0 Å². The van der Waals surface area contributed by atoms with Crippen molar-refractivity contribution in [1.29, 1.82) is 0 Å². The molecule has 9 heteroatoms. The van der Waals surface area contributed by atoms with Crippen LogP contribution in [0.4, 0.5) is 15.8 Å². The van der Waals surface area contributed by atoms with Crippen molar-refractivity contribution >= 4 is 58.3 Å². The van der Waals surface area contributed by atoms with E-state index in [2.05, 4.69) is 16.0 Å². The molecule has 1 unspecified atom stereocenters. The number of nitrogens with one attached hydrogen (secondary N) is 3. The van der Waals surface area contributed by atoms with Gasteiger partial charge in [0.05, 0.1) is 5.25 Å². The van der Waals surface area contributed by atoms with E-state index in [-0.39, 0.29) is 23.3 Å². The number of hydrogen-bond donors (Lipinski definition) is 3. The Morgan fingerprint density at radius 3 is 2.16 bits per heavy atom. The molecule has 0 spiro atoms. The van der Waals surface area contributed by atoms with Gasteiger partial charge in [-0.3, -0.25) is 14.4 Å². The van der Waals surface area contributed by atoms with Crippen LogP contribution >= 0.6 is 23.1 Å². The molecule has 4 rings (SSSR count). The summed E-state index contributed by atoms with van der Waals surface area (Å²) in [5.74, 6) is -1.43. The highest BCUT2D eigenvalue weighted by Crippen LogP contribution is 2.26. The fraction of sp³-hybridized carbons (Fsp3) is 0.0690. The lowest BCUT2D eigenvalue weighted by Gasteiger charge is -2.13. The van der Waals surface area contributed by atoms with E-state index >= 15 is 0 Å². The molecular formula is C29H24FN3O3S2. The summed E-state index contributed by atoms with van der Waals surface area (Å²) in [7, 11) is 0. The van der Waals surface area contributed by atoms with E-state index in [0.29, 0.717) is 16.9 Å². The van der Waals surface area contributed by atoms with E-state index in [1.165, 1.54) is 47.4 Å². The summed E-state index contributed by atoms with van der Waals surface area (Å²) >= 11 is 2.80. The fourth-order valence-corrected chi connectivity index (χ4v) is 4.83. The van der Waals surface area contributed by atoms with Gasteiger partial charge in [0.25, 0.3) is 11.8 Å². The first kappa shape index (κ1) is 26.8. The first-order valence-electron chi connectivity index (χ1n) is 11.6. The Labute approximate surface area is 228 Å². The molecule has 1 heterocycles. The molecule has 0 saturated carbocycles. The summed E-state index contributed by atoms with van der Waals surface area (Å²) in [6.07, 6.45) is 1.63. The number of benzene rings is 3. The van der Waals surface area contributed by atoms with Gasteiger partial charge in [0, 0.05) is 26.7 Å². The Morgan fingerprint density at radius 2 is 1.50 bits per heavy atom. The molecule has 6 nitrogen and oxygen atoms in total. The van der Waals surface area contributed by atoms with E-state index in [0.717, 1.165) is 9.77 Å². The Bertz CT molecular complexity index is 1420. The van der Waals surface area contributed by atoms with Crippen molar-refractivity contribution in [2.24, 2.45) is 0 Å². The lowest BCUT2D eigenvalue weighted by Crippen LogP contribution is -2.30. The van der Waals surface area contributed by atoms with Gasteiger partial charge < -0.3 is 16.0 Å². The van der Waals surface area contributed by atoms with Gasteiger partial charge in [0.1, 0.15) is 11.5 Å². The lowest BCUT2D eigenvalue weighted by molar-refractivity contribution is -0.115. The van der Waals surface area contributed by atoms with Crippen molar-refractivity contribution in [1.82, 2.24) is 5.32 Å². The van der Waals surface area contributed by atoms with Crippen LogP contribution in [0.1, 0.15) is 22.2 Å². The van der Waals surface area contributed by atoms with Gasteiger partial charge in [-0.1, -0.05) is 24.3 Å². The summed E-state index contributed by atoms with van der Waals surface area (Å²) in [5.41, 5.74) is 1.61. The van der Waals surface area contributed by atoms with Crippen LogP contribution in [0.15, 0.2) is 107 Å². The quantitative estimate of drug-likeness (QED) is 0.167. The average molecular weight is 546 g/mol. The predicted molar refractivity (Wildman–Crippen MR) is 152 cm³/mol. The molecule has 0 aliphatic rings. The predicted octanol–water partition coefficient (Wildman–Crippen LogP) is 6.42. The zero-order valence-corrected chi connectivity index (χ0v) is 21.9. The van der Waals surface area contributed by atoms with Crippen LogP contribution in [0.2, 0.25) is 0 Å².